The van der Waals surface area contributed by atoms with E-state index in [-0.39, 0.29) is 17.5 Å². The molecule has 1 aromatic carbocycles. The highest BCUT2D eigenvalue weighted by Crippen LogP contribution is 2.41. The second-order valence-electron chi connectivity index (χ2n) is 5.89. The largest absolute Gasteiger partial charge is 0.534 e. The van der Waals surface area contributed by atoms with E-state index in [0.717, 1.165) is 7.11 Å². The van der Waals surface area contributed by atoms with Gasteiger partial charge < -0.3 is 8.92 Å². The number of esters is 1. The summed E-state index contributed by atoms with van der Waals surface area (Å²) in [7, 11) is -4.64. The van der Waals surface area contributed by atoms with Gasteiger partial charge in [0.25, 0.3) is 0 Å². The summed E-state index contributed by atoms with van der Waals surface area (Å²) in [6.45, 7) is 3.68. The minimum Gasteiger partial charge on any atom is -0.465 e. The number of rotatable bonds is 3. The lowest BCUT2D eigenvalue weighted by molar-refractivity contribution is -0.0509. The predicted molar refractivity (Wildman–Crippen MR) is 79.5 cm³/mol. The highest BCUT2D eigenvalue weighted by Gasteiger charge is 2.49. The van der Waals surface area contributed by atoms with E-state index in [0.29, 0.717) is 5.56 Å². The van der Waals surface area contributed by atoms with Crippen molar-refractivity contribution in [1.82, 2.24) is 0 Å². The number of fused-ring (bicyclic) bond motifs is 1. The van der Waals surface area contributed by atoms with Crippen LogP contribution in [0.4, 0.5) is 13.2 Å². The zero-order valence-electron chi connectivity index (χ0n) is 13.1. The van der Waals surface area contributed by atoms with Gasteiger partial charge in [0.15, 0.2) is 0 Å². The maximum absolute atomic E-state index is 12.6. The van der Waals surface area contributed by atoms with Gasteiger partial charge in [-0.15, -0.1) is 0 Å². The molecule has 0 aromatic heterocycles. The van der Waals surface area contributed by atoms with Gasteiger partial charge in [0.2, 0.25) is 0 Å². The third kappa shape index (κ3) is 3.26. The molecule has 0 heterocycles. The summed E-state index contributed by atoms with van der Waals surface area (Å²) in [6.07, 6.45) is 1.55. The van der Waals surface area contributed by atoms with Crippen molar-refractivity contribution in [3.63, 3.8) is 0 Å². The summed E-state index contributed by atoms with van der Waals surface area (Å²) in [5, 5.41) is 0. The standard InChI is InChI=1S/C15H15F3O5S/c1-14(2)7-6-12(23-24(20,21)15(16,17)18)10-8-9(13(19)22-3)4-5-11(10)14/h4-6,8H,7H2,1-3H3. The summed E-state index contributed by atoms with van der Waals surface area (Å²) < 4.78 is 69.1. The van der Waals surface area contributed by atoms with Crippen LogP contribution in [0.15, 0.2) is 24.3 Å². The molecule has 0 fully saturated rings. The second kappa shape index (κ2) is 5.80. The zero-order valence-corrected chi connectivity index (χ0v) is 13.9. The SMILES string of the molecule is COC(=O)c1ccc2c(c1)C(OS(=O)(=O)C(F)(F)F)=CCC2(C)C. The van der Waals surface area contributed by atoms with Crippen molar-refractivity contribution in [2.45, 2.75) is 31.2 Å². The minimum absolute atomic E-state index is 0.0767. The summed E-state index contributed by atoms with van der Waals surface area (Å²) in [5.41, 5.74) is -5.24. The fourth-order valence-electron chi connectivity index (χ4n) is 2.40. The van der Waals surface area contributed by atoms with Crippen LogP contribution in [-0.2, 0) is 24.5 Å². The van der Waals surface area contributed by atoms with Crippen molar-refractivity contribution in [1.29, 1.82) is 0 Å². The summed E-state index contributed by atoms with van der Waals surface area (Å²) in [6, 6.07) is 4.28. The van der Waals surface area contributed by atoms with Crippen LogP contribution >= 0.6 is 0 Å². The molecule has 1 aliphatic rings. The highest BCUT2D eigenvalue weighted by molar-refractivity contribution is 7.87. The number of methoxy groups -OCH3 is 1. The molecule has 0 saturated heterocycles. The van der Waals surface area contributed by atoms with Crippen molar-refractivity contribution in [2.24, 2.45) is 0 Å². The molecule has 0 saturated carbocycles. The molecular formula is C15H15F3O5S. The normalized spacial score (nSPS) is 16.8. The Morgan fingerprint density at radius 3 is 2.42 bits per heavy atom. The topological polar surface area (TPSA) is 69.7 Å². The lowest BCUT2D eigenvalue weighted by Crippen LogP contribution is -2.28. The lowest BCUT2D eigenvalue weighted by Gasteiger charge is -2.31. The number of alkyl halides is 3. The molecule has 132 valence electrons. The average Bonchev–Trinajstić information content (AvgIpc) is 2.48. The number of ether oxygens (including phenoxy) is 1. The van der Waals surface area contributed by atoms with Crippen LogP contribution in [0.25, 0.3) is 5.76 Å². The first-order valence-electron chi connectivity index (χ1n) is 6.83. The van der Waals surface area contributed by atoms with Gasteiger partial charge in [-0.05, 0) is 35.6 Å². The summed E-state index contributed by atoms with van der Waals surface area (Å²) in [4.78, 5) is 11.6. The molecule has 1 aromatic rings. The number of carbonyl (C=O) groups excluding carboxylic acids is 1. The molecule has 2 rings (SSSR count). The van der Waals surface area contributed by atoms with Crippen LogP contribution in [0.2, 0.25) is 0 Å². The van der Waals surface area contributed by atoms with E-state index in [2.05, 4.69) is 8.92 Å². The van der Waals surface area contributed by atoms with Gasteiger partial charge in [-0.3, -0.25) is 0 Å². The third-order valence-electron chi connectivity index (χ3n) is 3.72. The Balaban J connectivity index is 2.55. The molecule has 0 amide bonds. The Morgan fingerprint density at radius 1 is 1.25 bits per heavy atom. The van der Waals surface area contributed by atoms with Crippen molar-refractivity contribution >= 4 is 21.8 Å². The molecular weight excluding hydrogens is 349 g/mol. The van der Waals surface area contributed by atoms with E-state index >= 15 is 0 Å². The number of halogens is 3. The number of hydrogen-bond acceptors (Lipinski definition) is 5. The van der Waals surface area contributed by atoms with Crippen molar-refractivity contribution in [3.8, 4) is 0 Å². The number of benzene rings is 1. The number of allylic oxidation sites excluding steroid dienone is 1. The molecule has 0 aliphatic heterocycles. The molecule has 9 heteroatoms. The van der Waals surface area contributed by atoms with Crippen molar-refractivity contribution in [3.05, 3.63) is 41.0 Å². The fourth-order valence-corrected chi connectivity index (χ4v) is 2.88. The minimum atomic E-state index is -5.80. The lowest BCUT2D eigenvalue weighted by atomic mass is 9.75. The molecule has 0 bridgehead atoms. The van der Waals surface area contributed by atoms with Gasteiger partial charge in [0.1, 0.15) is 5.76 Å². The molecule has 0 spiro atoms. The van der Waals surface area contributed by atoms with E-state index in [1.54, 1.807) is 6.07 Å². The Bertz CT molecular complexity index is 807. The second-order valence-corrected chi connectivity index (χ2v) is 7.43. The third-order valence-corrected chi connectivity index (χ3v) is 4.68. The first kappa shape index (κ1) is 18.3. The quantitative estimate of drug-likeness (QED) is 0.467. The van der Waals surface area contributed by atoms with Gasteiger partial charge in [0, 0.05) is 5.56 Å². The number of carbonyl (C=O) groups is 1. The van der Waals surface area contributed by atoms with E-state index in [1.165, 1.54) is 18.2 Å². The van der Waals surface area contributed by atoms with Gasteiger partial charge in [-0.25, -0.2) is 4.79 Å². The maximum atomic E-state index is 12.6. The molecule has 0 atom stereocenters. The fraction of sp³-hybridized carbons (Fsp3) is 0.400. The van der Waals surface area contributed by atoms with Gasteiger partial charge in [0.05, 0.1) is 12.7 Å². The van der Waals surface area contributed by atoms with Crippen molar-refractivity contribution < 1.29 is 35.3 Å². The predicted octanol–water partition coefficient (Wildman–Crippen LogP) is 3.36. The summed E-state index contributed by atoms with van der Waals surface area (Å²) >= 11 is 0. The zero-order chi connectivity index (χ0) is 18.3. The maximum Gasteiger partial charge on any atom is 0.534 e. The molecule has 1 aliphatic carbocycles. The first-order chi connectivity index (χ1) is 10.9. The van der Waals surface area contributed by atoms with Crippen LogP contribution in [0, 0.1) is 0 Å². The molecule has 5 nitrogen and oxygen atoms in total. The Hall–Kier alpha value is -2.03. The van der Waals surface area contributed by atoms with Crippen LogP contribution < -0.4 is 0 Å². The van der Waals surface area contributed by atoms with E-state index in [1.807, 2.05) is 13.8 Å². The van der Waals surface area contributed by atoms with E-state index in [9.17, 15) is 26.4 Å². The Labute approximate surface area is 137 Å². The first-order valence-corrected chi connectivity index (χ1v) is 8.24. The molecule has 0 N–H and O–H groups in total. The highest BCUT2D eigenvalue weighted by atomic mass is 32.2. The number of hydrogen-bond donors (Lipinski definition) is 0. The van der Waals surface area contributed by atoms with E-state index < -0.39 is 32.8 Å². The van der Waals surface area contributed by atoms with E-state index in [4.69, 9.17) is 0 Å². The van der Waals surface area contributed by atoms with Crippen LogP contribution in [0.1, 0.15) is 41.8 Å². The average molecular weight is 364 g/mol. The van der Waals surface area contributed by atoms with Crippen LogP contribution in [-0.4, -0.2) is 27.0 Å². The molecule has 0 unspecified atom stereocenters. The van der Waals surface area contributed by atoms with Gasteiger partial charge in [-0.2, -0.15) is 21.6 Å². The smallest absolute Gasteiger partial charge is 0.465 e. The Kier molecular flexibility index (Phi) is 4.43. The monoisotopic (exact) mass is 364 g/mol. The summed E-state index contributed by atoms with van der Waals surface area (Å²) in [5.74, 6) is -1.15. The molecule has 0 radical (unpaired) electrons. The Morgan fingerprint density at radius 2 is 1.88 bits per heavy atom. The van der Waals surface area contributed by atoms with Gasteiger partial charge in [-0.1, -0.05) is 19.9 Å². The molecule has 24 heavy (non-hydrogen) atoms. The van der Waals surface area contributed by atoms with Crippen LogP contribution in [0.3, 0.4) is 0 Å². The van der Waals surface area contributed by atoms with Crippen molar-refractivity contribution in [2.75, 3.05) is 7.11 Å². The van der Waals surface area contributed by atoms with Gasteiger partial charge >= 0.3 is 21.6 Å². The van der Waals surface area contributed by atoms with Crippen LogP contribution in [0.5, 0.6) is 0 Å².